The number of carbonyl (C=O) groups is 1. The molecule has 1 fully saturated rings. The molecule has 100 valence electrons. The van der Waals surface area contributed by atoms with E-state index in [1.54, 1.807) is 0 Å². The molecule has 0 spiro atoms. The summed E-state index contributed by atoms with van der Waals surface area (Å²) in [7, 11) is -3.59. The number of nitrogens with zero attached hydrogens (tertiary/aromatic N) is 3. The molecule has 1 aliphatic rings. The quantitative estimate of drug-likeness (QED) is 0.772. The minimum atomic E-state index is -3.59. The monoisotopic (exact) mass is 275 g/mol. The lowest BCUT2D eigenvalue weighted by Gasteiger charge is -2.24. The van der Waals surface area contributed by atoms with Crippen molar-refractivity contribution >= 4 is 15.9 Å². The molecule has 1 aliphatic heterocycles. The highest BCUT2D eigenvalue weighted by atomic mass is 32.2. The number of hydrogen-bond acceptors (Lipinski definition) is 7. The molecule has 0 radical (unpaired) electrons. The summed E-state index contributed by atoms with van der Waals surface area (Å²) >= 11 is 0. The summed E-state index contributed by atoms with van der Waals surface area (Å²) in [5.74, 6) is 0. The van der Waals surface area contributed by atoms with Gasteiger partial charge in [-0.1, -0.05) is 10.2 Å². The van der Waals surface area contributed by atoms with Crippen LogP contribution in [-0.4, -0.2) is 49.0 Å². The Kier molecular flexibility index (Phi) is 3.50. The largest absolute Gasteiger partial charge is 0.424 e. The fourth-order valence-electron chi connectivity index (χ4n) is 1.60. The smallest absolute Gasteiger partial charge is 0.379 e. The van der Waals surface area contributed by atoms with Crippen LogP contribution in [0.3, 0.4) is 0 Å². The first-order valence-corrected chi connectivity index (χ1v) is 7.36. The van der Waals surface area contributed by atoms with E-state index >= 15 is 0 Å². The molecule has 8 nitrogen and oxygen atoms in total. The van der Waals surface area contributed by atoms with E-state index < -0.39 is 27.2 Å². The third kappa shape index (κ3) is 2.97. The van der Waals surface area contributed by atoms with Crippen molar-refractivity contribution in [3.8, 4) is 6.08 Å². The van der Waals surface area contributed by atoms with Crippen molar-refractivity contribution in [3.05, 3.63) is 0 Å². The van der Waals surface area contributed by atoms with Crippen molar-refractivity contribution in [2.24, 2.45) is 0 Å². The fraction of sp³-hybridized carbons (Fsp3) is 0.667. The van der Waals surface area contributed by atoms with Crippen LogP contribution in [0.4, 0.5) is 4.79 Å². The highest BCUT2D eigenvalue weighted by molar-refractivity contribution is 7.90. The van der Waals surface area contributed by atoms with Gasteiger partial charge in [0.1, 0.15) is 0 Å². The van der Waals surface area contributed by atoms with E-state index in [9.17, 15) is 13.2 Å². The van der Waals surface area contributed by atoms with E-state index in [1.807, 2.05) is 0 Å². The van der Waals surface area contributed by atoms with Gasteiger partial charge in [-0.25, -0.2) is 13.2 Å². The molecule has 0 unspecified atom stereocenters. The van der Waals surface area contributed by atoms with Gasteiger partial charge in [-0.05, 0) is 19.3 Å². The summed E-state index contributed by atoms with van der Waals surface area (Å²) in [6.45, 7) is 1.23. The van der Waals surface area contributed by atoms with E-state index in [0.29, 0.717) is 13.1 Å². The highest BCUT2D eigenvalue weighted by Gasteiger charge is 2.23. The molecule has 0 N–H and O–H groups in total. The minimum Gasteiger partial charge on any atom is -0.379 e. The predicted molar refractivity (Wildman–Crippen MR) is 58.9 cm³/mol. The summed E-state index contributed by atoms with van der Waals surface area (Å²) in [6.07, 6.45) is 2.81. The van der Waals surface area contributed by atoms with Crippen LogP contribution in [0.1, 0.15) is 19.3 Å². The van der Waals surface area contributed by atoms with Crippen LogP contribution < -0.4 is 4.74 Å². The Hall–Kier alpha value is -1.64. The number of ether oxygens (including phenoxy) is 1. The van der Waals surface area contributed by atoms with Crippen molar-refractivity contribution in [1.29, 1.82) is 0 Å². The number of likely N-dealkylation sites (tertiary alicyclic amines) is 1. The van der Waals surface area contributed by atoms with Gasteiger partial charge >= 0.3 is 17.4 Å². The molecule has 1 amide bonds. The molecule has 2 rings (SSSR count). The predicted octanol–water partition coefficient (Wildman–Crippen LogP) is 0.458. The number of sulfone groups is 1. The molecule has 0 saturated carbocycles. The zero-order chi connectivity index (χ0) is 13.2. The van der Waals surface area contributed by atoms with Crippen LogP contribution >= 0.6 is 0 Å². The minimum absolute atomic E-state index is 0.453. The molecule has 0 atom stereocenters. The van der Waals surface area contributed by atoms with Gasteiger partial charge in [0.05, 0.1) is 0 Å². The second-order valence-corrected chi connectivity index (χ2v) is 5.92. The molecule has 1 aromatic heterocycles. The van der Waals surface area contributed by atoms with E-state index in [-0.39, 0.29) is 0 Å². The maximum absolute atomic E-state index is 11.7. The van der Waals surface area contributed by atoms with Gasteiger partial charge < -0.3 is 14.1 Å². The topological polar surface area (TPSA) is 103 Å². The van der Waals surface area contributed by atoms with Crippen LogP contribution in [0.15, 0.2) is 9.64 Å². The molecule has 2 heterocycles. The van der Waals surface area contributed by atoms with Crippen molar-refractivity contribution in [2.75, 3.05) is 19.3 Å². The summed E-state index contributed by atoms with van der Waals surface area (Å²) in [6, 6.07) is 0. The molecular formula is C9H13N3O5S. The van der Waals surface area contributed by atoms with Crippen molar-refractivity contribution in [3.63, 3.8) is 0 Å². The number of aromatic nitrogens is 2. The summed E-state index contributed by atoms with van der Waals surface area (Å²) in [5, 5.41) is 6.07. The molecular weight excluding hydrogens is 262 g/mol. The normalized spacial score (nSPS) is 16.6. The van der Waals surface area contributed by atoms with Crippen LogP contribution in [0, 0.1) is 0 Å². The molecule has 1 aromatic rings. The zero-order valence-corrected chi connectivity index (χ0v) is 10.6. The summed E-state index contributed by atoms with van der Waals surface area (Å²) in [5.41, 5.74) is 0. The lowest BCUT2D eigenvalue weighted by atomic mass is 10.1. The lowest BCUT2D eigenvalue weighted by Crippen LogP contribution is -2.37. The van der Waals surface area contributed by atoms with Gasteiger partial charge in [0, 0.05) is 19.3 Å². The van der Waals surface area contributed by atoms with Crippen molar-refractivity contribution in [1.82, 2.24) is 15.1 Å². The standard InChI is InChI=1S/C9H13N3O5S/c1-18(14,15)8-11-10-7(16-8)17-9(13)12-5-3-2-4-6-12/h2-6H2,1H3. The van der Waals surface area contributed by atoms with Crippen LogP contribution in [-0.2, 0) is 9.84 Å². The van der Waals surface area contributed by atoms with Crippen molar-refractivity contribution in [2.45, 2.75) is 24.5 Å². The maximum atomic E-state index is 11.7. The molecule has 1 saturated heterocycles. The highest BCUT2D eigenvalue weighted by Crippen LogP contribution is 2.15. The maximum Gasteiger partial charge on any atom is 0.424 e. The van der Waals surface area contributed by atoms with Gasteiger partial charge in [-0.2, -0.15) is 0 Å². The molecule has 0 aromatic carbocycles. The van der Waals surface area contributed by atoms with Crippen molar-refractivity contribution < 1.29 is 22.4 Å². The number of piperidine rings is 1. The van der Waals surface area contributed by atoms with Gasteiger partial charge in [-0.15, -0.1) is 0 Å². The van der Waals surface area contributed by atoms with Crippen LogP contribution in [0.2, 0.25) is 0 Å². The molecule has 18 heavy (non-hydrogen) atoms. The average molecular weight is 275 g/mol. The second kappa shape index (κ2) is 4.92. The first kappa shape index (κ1) is 12.8. The molecule has 9 heteroatoms. The Morgan fingerprint density at radius 3 is 2.50 bits per heavy atom. The van der Waals surface area contributed by atoms with Gasteiger partial charge in [0.25, 0.3) is 0 Å². The van der Waals surface area contributed by atoms with Crippen LogP contribution in [0.5, 0.6) is 6.08 Å². The van der Waals surface area contributed by atoms with E-state index in [0.717, 1.165) is 25.5 Å². The van der Waals surface area contributed by atoms with Gasteiger partial charge in [0.15, 0.2) is 0 Å². The van der Waals surface area contributed by atoms with E-state index in [1.165, 1.54) is 4.90 Å². The number of rotatable bonds is 2. The Morgan fingerprint density at radius 2 is 1.94 bits per heavy atom. The average Bonchev–Trinajstić information content (AvgIpc) is 2.78. The molecule has 0 bridgehead atoms. The molecule has 0 aliphatic carbocycles. The SMILES string of the molecule is CS(=O)(=O)c1nnc(OC(=O)N2CCCCC2)o1. The van der Waals surface area contributed by atoms with E-state index in [4.69, 9.17) is 9.15 Å². The third-order valence-electron chi connectivity index (χ3n) is 2.49. The Bertz CT molecular complexity index is 532. The Balaban J connectivity index is 2.01. The second-order valence-electron chi connectivity index (χ2n) is 4.02. The zero-order valence-electron chi connectivity index (χ0n) is 9.83. The summed E-state index contributed by atoms with van der Waals surface area (Å²) in [4.78, 5) is 13.2. The Morgan fingerprint density at radius 1 is 1.28 bits per heavy atom. The number of hydrogen-bond donors (Lipinski definition) is 0. The number of amides is 1. The number of carbonyl (C=O) groups excluding carboxylic acids is 1. The van der Waals surface area contributed by atoms with Crippen LogP contribution in [0.25, 0.3) is 0 Å². The third-order valence-corrected chi connectivity index (χ3v) is 3.29. The Labute approximate surface area is 104 Å². The van der Waals surface area contributed by atoms with E-state index in [2.05, 4.69) is 10.2 Å². The first-order valence-electron chi connectivity index (χ1n) is 5.47. The van der Waals surface area contributed by atoms with Gasteiger partial charge in [0.2, 0.25) is 9.84 Å². The van der Waals surface area contributed by atoms with Gasteiger partial charge in [-0.3, -0.25) is 0 Å². The fourth-order valence-corrected chi connectivity index (χ4v) is 2.02. The first-order chi connectivity index (χ1) is 8.47. The summed E-state index contributed by atoms with van der Waals surface area (Å²) < 4.78 is 31.7. The lowest BCUT2D eigenvalue weighted by molar-refractivity contribution is 0.127.